The quantitative estimate of drug-likeness (QED) is 0.0715. The lowest BCUT2D eigenvalue weighted by molar-refractivity contribution is -0.138. The highest BCUT2D eigenvalue weighted by Crippen LogP contribution is 2.46. The molecule has 2 fully saturated rings. The minimum absolute atomic E-state index is 0.314. The Kier molecular flexibility index (Phi) is 28.7. The van der Waals surface area contributed by atoms with E-state index in [0.717, 1.165) is 55.3 Å². The molecule has 4 N–H and O–H groups in total. The van der Waals surface area contributed by atoms with Crippen LogP contribution in [0.25, 0.3) is 0 Å². The lowest BCUT2D eigenvalue weighted by Gasteiger charge is -2.42. The largest absolute Gasteiger partial charge is 0.481 e. The number of hydrogen-bond acceptors (Lipinski definition) is 3. The van der Waals surface area contributed by atoms with Gasteiger partial charge in [0.25, 0.3) is 0 Å². The average molecular weight is 678 g/mol. The van der Waals surface area contributed by atoms with Crippen LogP contribution in [0.3, 0.4) is 0 Å². The van der Waals surface area contributed by atoms with E-state index in [2.05, 4.69) is 20.8 Å². The molecule has 48 heavy (non-hydrogen) atoms. The number of nitrogens with two attached hydrogens (primary N) is 1. The first-order valence-corrected chi connectivity index (χ1v) is 21.5. The Morgan fingerprint density at radius 3 is 1.10 bits per heavy atom. The van der Waals surface area contributed by atoms with Crippen LogP contribution in [-0.4, -0.2) is 28.2 Å². The van der Waals surface area contributed by atoms with Crippen molar-refractivity contribution in [3.8, 4) is 0 Å². The molecule has 5 nitrogen and oxygen atoms in total. The Hall–Kier alpha value is -1.10. The Labute approximate surface area is 298 Å². The van der Waals surface area contributed by atoms with Crippen molar-refractivity contribution in [2.45, 2.75) is 232 Å². The van der Waals surface area contributed by atoms with Crippen LogP contribution in [0.15, 0.2) is 0 Å². The normalized spacial score (nSPS) is 24.2. The molecule has 284 valence electrons. The number of carboxylic acid groups (broad SMARTS) is 2. The summed E-state index contributed by atoms with van der Waals surface area (Å²) in [6, 6.07) is 0.503. The van der Waals surface area contributed by atoms with Crippen LogP contribution in [0.4, 0.5) is 0 Å². The molecular formula is C43H83NO4. The molecule has 0 amide bonds. The van der Waals surface area contributed by atoms with Crippen molar-refractivity contribution in [1.29, 1.82) is 0 Å². The number of rotatable bonds is 28. The zero-order valence-electron chi connectivity index (χ0n) is 32.4. The third-order valence-corrected chi connectivity index (χ3v) is 12.0. The van der Waals surface area contributed by atoms with Crippen molar-refractivity contribution in [2.75, 3.05) is 0 Å². The van der Waals surface area contributed by atoms with Crippen molar-refractivity contribution in [2.24, 2.45) is 35.3 Å². The second kappa shape index (κ2) is 30.7. The van der Waals surface area contributed by atoms with Crippen LogP contribution in [0.2, 0.25) is 0 Å². The third kappa shape index (κ3) is 24.1. The Morgan fingerprint density at radius 2 is 0.812 bits per heavy atom. The minimum Gasteiger partial charge on any atom is -0.481 e. The van der Waals surface area contributed by atoms with Gasteiger partial charge in [-0.2, -0.15) is 0 Å². The zero-order valence-corrected chi connectivity index (χ0v) is 32.4. The molecule has 2 rings (SSSR count). The molecule has 0 aromatic rings. The van der Waals surface area contributed by atoms with E-state index in [1.54, 1.807) is 0 Å². The highest BCUT2D eigenvalue weighted by molar-refractivity contribution is 5.66. The minimum atomic E-state index is -0.662. The van der Waals surface area contributed by atoms with Crippen LogP contribution >= 0.6 is 0 Å². The molecule has 2 aliphatic carbocycles. The van der Waals surface area contributed by atoms with Crippen LogP contribution < -0.4 is 5.73 Å². The van der Waals surface area contributed by atoms with Gasteiger partial charge in [0.05, 0.1) is 0 Å². The summed E-state index contributed by atoms with van der Waals surface area (Å²) in [5, 5.41) is 17.9. The van der Waals surface area contributed by atoms with Crippen molar-refractivity contribution in [3.63, 3.8) is 0 Å². The zero-order chi connectivity index (χ0) is 35.2. The van der Waals surface area contributed by atoms with Gasteiger partial charge in [-0.1, -0.05) is 175 Å². The standard InChI is InChI=1S/C36H68O4.C7H15N/c1-3-5-7-9-11-17-23-31-29-33(25-19-13-15-21-27-35(37)38)34(26-20-14-16-22-28-36(39)40)30-32(31)24-18-12-10-8-6-4-2;1-6-4-2-3-5-7(6)8/h31-34H,3-30H2,1-2H3,(H,37,38)(H,39,40);6-7H,2-5,8H2,1H3/t;6-,7+/m.0/s1. The number of aliphatic carboxylic acids is 2. The van der Waals surface area contributed by atoms with E-state index in [1.807, 2.05) is 0 Å². The SMILES string of the molecule is CCCCCCCCC1CC(CCCCCCC(=O)O)C(CCCCCCC(=O)O)CC1CCCCCCCC.C[C@H]1CCCC[C@H]1N. The molecule has 0 aliphatic heterocycles. The first-order valence-electron chi connectivity index (χ1n) is 21.5. The van der Waals surface area contributed by atoms with E-state index in [4.69, 9.17) is 15.9 Å². The maximum Gasteiger partial charge on any atom is 0.303 e. The summed E-state index contributed by atoms with van der Waals surface area (Å²) >= 11 is 0. The van der Waals surface area contributed by atoms with Crippen LogP contribution in [0, 0.1) is 29.6 Å². The summed E-state index contributed by atoms with van der Waals surface area (Å²) in [6.07, 6.45) is 39.6. The molecule has 0 bridgehead atoms. The van der Waals surface area contributed by atoms with Crippen molar-refractivity contribution < 1.29 is 19.8 Å². The smallest absolute Gasteiger partial charge is 0.303 e. The second-order valence-electron chi connectivity index (χ2n) is 16.2. The molecule has 0 aromatic carbocycles. The molecule has 0 saturated heterocycles. The van der Waals surface area contributed by atoms with Crippen molar-refractivity contribution >= 4 is 11.9 Å². The summed E-state index contributed by atoms with van der Waals surface area (Å²) in [5.74, 6) is 2.95. The topological polar surface area (TPSA) is 101 Å². The molecule has 0 heterocycles. The fraction of sp³-hybridized carbons (Fsp3) is 0.953. The Bertz CT molecular complexity index is 695. The van der Waals surface area contributed by atoms with Gasteiger partial charge in [-0.05, 0) is 68.1 Å². The molecule has 0 radical (unpaired) electrons. The van der Waals surface area contributed by atoms with E-state index in [1.165, 1.54) is 167 Å². The Balaban J connectivity index is 0.00000125. The fourth-order valence-corrected chi connectivity index (χ4v) is 8.75. The molecule has 2 saturated carbocycles. The van der Waals surface area contributed by atoms with E-state index in [-0.39, 0.29) is 0 Å². The molecule has 4 unspecified atom stereocenters. The number of carbonyl (C=O) groups is 2. The predicted molar refractivity (Wildman–Crippen MR) is 205 cm³/mol. The lowest BCUT2D eigenvalue weighted by Crippen LogP contribution is -2.32. The van der Waals surface area contributed by atoms with Gasteiger partial charge in [0.15, 0.2) is 0 Å². The molecule has 0 aromatic heterocycles. The van der Waals surface area contributed by atoms with Crippen LogP contribution in [-0.2, 0) is 9.59 Å². The van der Waals surface area contributed by atoms with Crippen LogP contribution in [0.1, 0.15) is 226 Å². The van der Waals surface area contributed by atoms with Gasteiger partial charge >= 0.3 is 11.9 Å². The second-order valence-corrected chi connectivity index (χ2v) is 16.2. The van der Waals surface area contributed by atoms with E-state index in [0.29, 0.717) is 18.9 Å². The summed E-state index contributed by atoms with van der Waals surface area (Å²) in [4.78, 5) is 21.7. The fourth-order valence-electron chi connectivity index (χ4n) is 8.75. The maximum atomic E-state index is 10.9. The maximum absolute atomic E-state index is 10.9. The first kappa shape index (κ1) is 44.9. The third-order valence-electron chi connectivity index (χ3n) is 12.0. The van der Waals surface area contributed by atoms with Crippen molar-refractivity contribution in [1.82, 2.24) is 0 Å². The van der Waals surface area contributed by atoms with E-state index >= 15 is 0 Å². The summed E-state index contributed by atoms with van der Waals surface area (Å²) < 4.78 is 0. The molecule has 5 heteroatoms. The molecular weight excluding hydrogens is 594 g/mol. The summed E-state index contributed by atoms with van der Waals surface area (Å²) in [6.45, 7) is 6.85. The number of hydrogen-bond donors (Lipinski definition) is 3. The Morgan fingerprint density at radius 1 is 0.500 bits per heavy atom. The van der Waals surface area contributed by atoms with Crippen LogP contribution in [0.5, 0.6) is 0 Å². The van der Waals surface area contributed by atoms with Gasteiger partial charge in [-0.3, -0.25) is 9.59 Å². The van der Waals surface area contributed by atoms with Crippen molar-refractivity contribution in [3.05, 3.63) is 0 Å². The molecule has 6 atom stereocenters. The highest BCUT2D eigenvalue weighted by Gasteiger charge is 2.35. The van der Waals surface area contributed by atoms with Gasteiger partial charge < -0.3 is 15.9 Å². The lowest BCUT2D eigenvalue weighted by atomic mass is 9.63. The summed E-state index contributed by atoms with van der Waals surface area (Å²) in [5.41, 5.74) is 5.78. The molecule has 2 aliphatic rings. The summed E-state index contributed by atoms with van der Waals surface area (Å²) in [7, 11) is 0. The van der Waals surface area contributed by atoms with Gasteiger partial charge in [0, 0.05) is 18.9 Å². The predicted octanol–water partition coefficient (Wildman–Crippen LogP) is 13.1. The first-order chi connectivity index (χ1) is 23.3. The highest BCUT2D eigenvalue weighted by atomic mass is 16.4. The van der Waals surface area contributed by atoms with Gasteiger partial charge in [0.1, 0.15) is 0 Å². The van der Waals surface area contributed by atoms with E-state index in [9.17, 15) is 9.59 Å². The number of carboxylic acids is 2. The van der Waals surface area contributed by atoms with Gasteiger partial charge in [-0.25, -0.2) is 0 Å². The van der Waals surface area contributed by atoms with E-state index < -0.39 is 11.9 Å². The van der Waals surface area contributed by atoms with Gasteiger partial charge in [-0.15, -0.1) is 0 Å². The average Bonchev–Trinajstić information content (AvgIpc) is 3.06. The number of unbranched alkanes of at least 4 members (excludes halogenated alkanes) is 16. The molecule has 0 spiro atoms. The monoisotopic (exact) mass is 678 g/mol. The van der Waals surface area contributed by atoms with Gasteiger partial charge in [0.2, 0.25) is 0 Å².